The third-order valence-electron chi connectivity index (χ3n) is 4.86. The van der Waals surface area contributed by atoms with Gasteiger partial charge in [-0.15, -0.1) is 0 Å². The van der Waals surface area contributed by atoms with E-state index in [1.165, 1.54) is 23.5 Å². The lowest BCUT2D eigenvalue weighted by molar-refractivity contribution is -0.117. The molecule has 2 saturated carbocycles. The average molecular weight is 495 g/mol. The molecule has 2 aliphatic rings. The Morgan fingerprint density at radius 3 is 1.38 bits per heavy atom. The third kappa shape index (κ3) is 9.10. The number of para-hydroxylation sites is 2. The van der Waals surface area contributed by atoms with Gasteiger partial charge in [0.25, 0.3) is 0 Å². The molecule has 8 heteroatoms. The van der Waals surface area contributed by atoms with E-state index in [0.717, 1.165) is 0 Å². The highest BCUT2D eigenvalue weighted by Gasteiger charge is 2.24. The Labute approximate surface area is 211 Å². The number of anilines is 2. The maximum Gasteiger partial charge on any atom is 0.234 e. The molecule has 0 heterocycles. The van der Waals surface area contributed by atoms with Crippen LogP contribution in [0.3, 0.4) is 0 Å². The molecule has 6 nitrogen and oxygen atoms in total. The Morgan fingerprint density at radius 2 is 1.00 bits per heavy atom. The molecule has 2 N–H and O–H groups in total. The monoisotopic (exact) mass is 494 g/mol. The summed E-state index contributed by atoms with van der Waals surface area (Å²) in [6.45, 7) is 0. The predicted molar refractivity (Wildman–Crippen MR) is 138 cm³/mol. The van der Waals surface area contributed by atoms with E-state index >= 15 is 0 Å². The smallest absolute Gasteiger partial charge is 0.234 e. The van der Waals surface area contributed by atoms with Crippen LogP contribution in [0.1, 0.15) is 12.8 Å². The van der Waals surface area contributed by atoms with Crippen molar-refractivity contribution in [1.82, 2.24) is 0 Å². The van der Waals surface area contributed by atoms with E-state index in [2.05, 4.69) is 10.6 Å². The number of thioether (sulfide) groups is 2. The van der Waals surface area contributed by atoms with Crippen LogP contribution in [-0.4, -0.2) is 46.4 Å². The SMILES string of the molecule is O=C(CSCCC(=O)[C]1[CH][CH][CH][CH]1)Nc1ccccc1NC(=O)CSCCC(=O)[C]1[CH][CH][CH][CH]1. The van der Waals surface area contributed by atoms with Crippen LogP contribution in [0.15, 0.2) is 24.3 Å². The first kappa shape index (κ1) is 26.8. The summed E-state index contributed by atoms with van der Waals surface area (Å²) >= 11 is 2.78. The van der Waals surface area contributed by atoms with E-state index in [1.54, 1.807) is 49.9 Å². The fourth-order valence-corrected chi connectivity index (χ4v) is 4.60. The topological polar surface area (TPSA) is 92.3 Å². The van der Waals surface area contributed by atoms with E-state index in [1.807, 2.05) is 25.7 Å². The molecule has 0 bridgehead atoms. The quantitative estimate of drug-likeness (QED) is 0.383. The summed E-state index contributed by atoms with van der Waals surface area (Å²) in [6.07, 6.45) is 15.2. The number of amides is 2. The highest BCUT2D eigenvalue weighted by molar-refractivity contribution is 8.00. The van der Waals surface area contributed by atoms with Crippen molar-refractivity contribution in [3.63, 3.8) is 0 Å². The maximum absolute atomic E-state index is 12.3. The van der Waals surface area contributed by atoms with E-state index in [4.69, 9.17) is 0 Å². The fourth-order valence-electron chi connectivity index (χ4n) is 3.14. The van der Waals surface area contributed by atoms with Gasteiger partial charge in [-0.25, -0.2) is 0 Å². The van der Waals surface area contributed by atoms with Crippen molar-refractivity contribution in [2.75, 3.05) is 33.6 Å². The van der Waals surface area contributed by atoms with Crippen molar-refractivity contribution in [2.24, 2.45) is 0 Å². The van der Waals surface area contributed by atoms with Crippen molar-refractivity contribution >= 4 is 58.3 Å². The van der Waals surface area contributed by atoms with Gasteiger partial charge in [-0.3, -0.25) is 19.2 Å². The molecule has 2 fully saturated rings. The Morgan fingerprint density at radius 1 is 0.618 bits per heavy atom. The summed E-state index contributed by atoms with van der Waals surface area (Å²) in [5.41, 5.74) is 1.04. The normalized spacial score (nSPS) is 16.5. The van der Waals surface area contributed by atoms with Gasteiger partial charge in [-0.1, -0.05) is 12.1 Å². The van der Waals surface area contributed by atoms with Gasteiger partial charge in [0.1, 0.15) is 11.6 Å². The standard InChI is InChI=1S/C26H26N2O4S2/c29-23(19-7-1-2-8-19)13-15-33-17-25(31)27-21-11-5-6-12-22(21)28-26(32)18-34-16-14-24(30)20-9-3-4-10-20/h1-12H,13-18H2,(H,27,31)(H,28,32). The number of benzene rings is 1. The van der Waals surface area contributed by atoms with Crippen molar-refractivity contribution in [3.8, 4) is 0 Å². The average Bonchev–Trinajstić information content (AvgIpc) is 3.55. The molecular weight excluding hydrogens is 468 g/mol. The van der Waals surface area contributed by atoms with E-state index in [-0.39, 0.29) is 34.9 Å². The molecule has 0 aromatic heterocycles. The van der Waals surface area contributed by atoms with Crippen molar-refractivity contribution in [3.05, 3.63) is 87.5 Å². The second kappa shape index (κ2) is 14.6. The Hall–Kier alpha value is -1.80. The Kier molecular flexibility index (Phi) is 11.5. The minimum Gasteiger partial charge on any atom is -0.324 e. The molecule has 1 aromatic rings. The van der Waals surface area contributed by atoms with Crippen molar-refractivity contribution < 1.29 is 19.2 Å². The molecular formula is C26H26N2O4S2. The molecule has 34 heavy (non-hydrogen) atoms. The molecule has 0 spiro atoms. The van der Waals surface area contributed by atoms with Gasteiger partial charge in [-0.2, -0.15) is 23.5 Å². The first-order valence-electron chi connectivity index (χ1n) is 10.9. The maximum atomic E-state index is 12.3. The number of rotatable bonds is 14. The van der Waals surface area contributed by atoms with Crippen LogP contribution in [0, 0.1) is 63.2 Å². The van der Waals surface area contributed by atoms with Crippen LogP contribution < -0.4 is 10.6 Å². The molecule has 1 aromatic carbocycles. The molecule has 0 saturated heterocycles. The first-order chi connectivity index (χ1) is 16.5. The van der Waals surface area contributed by atoms with Gasteiger partial charge >= 0.3 is 0 Å². The molecule has 2 aliphatic carbocycles. The molecule has 0 unspecified atom stereocenters. The summed E-state index contributed by atoms with van der Waals surface area (Å²) in [5.74, 6) is 2.66. The molecule has 0 aliphatic heterocycles. The van der Waals surface area contributed by atoms with Crippen LogP contribution >= 0.6 is 23.5 Å². The summed E-state index contributed by atoms with van der Waals surface area (Å²) in [5, 5.41) is 5.64. The predicted octanol–water partition coefficient (Wildman–Crippen LogP) is 3.76. The highest BCUT2D eigenvalue weighted by Crippen LogP contribution is 2.27. The minimum atomic E-state index is -0.201. The van der Waals surface area contributed by atoms with Crippen LogP contribution in [0.4, 0.5) is 11.4 Å². The lowest BCUT2D eigenvalue weighted by atomic mass is 10.0. The van der Waals surface area contributed by atoms with E-state index < -0.39 is 0 Å². The van der Waals surface area contributed by atoms with Crippen molar-refractivity contribution in [2.45, 2.75) is 12.8 Å². The number of carbonyl (C=O) groups excluding carboxylic acids is 4. The number of carbonyl (C=O) groups is 4. The van der Waals surface area contributed by atoms with E-state index in [9.17, 15) is 19.2 Å². The zero-order chi connectivity index (χ0) is 24.2. The van der Waals surface area contributed by atoms with Gasteiger partial charge in [0, 0.05) is 36.2 Å². The summed E-state index contributed by atoms with van der Waals surface area (Å²) in [7, 11) is 0. The fraction of sp³-hybridized carbons (Fsp3) is 0.231. The van der Waals surface area contributed by atoms with Gasteiger partial charge < -0.3 is 10.6 Å². The Bertz CT molecular complexity index is 780. The van der Waals surface area contributed by atoms with Gasteiger partial charge in [0.2, 0.25) is 11.8 Å². The number of ketones is 2. The molecule has 0 atom stereocenters. The van der Waals surface area contributed by atoms with Crippen molar-refractivity contribution in [1.29, 1.82) is 0 Å². The lowest BCUT2D eigenvalue weighted by Crippen LogP contribution is -2.19. The molecule has 10 radical (unpaired) electrons. The van der Waals surface area contributed by atoms with Gasteiger partial charge in [0.15, 0.2) is 0 Å². The van der Waals surface area contributed by atoms with Gasteiger partial charge in [-0.05, 0) is 63.5 Å². The Balaban J connectivity index is 1.33. The lowest BCUT2D eigenvalue weighted by Gasteiger charge is -2.12. The molecule has 176 valence electrons. The third-order valence-corrected chi connectivity index (χ3v) is 6.78. The number of nitrogens with one attached hydrogen (secondary N) is 2. The number of hydrogen-bond acceptors (Lipinski definition) is 6. The zero-order valence-electron chi connectivity index (χ0n) is 18.6. The van der Waals surface area contributed by atoms with Gasteiger partial charge in [0.05, 0.1) is 22.9 Å². The second-order valence-corrected chi connectivity index (χ2v) is 9.65. The molecule has 3 rings (SSSR count). The van der Waals surface area contributed by atoms with Crippen LogP contribution in [0.2, 0.25) is 0 Å². The van der Waals surface area contributed by atoms with Crippen LogP contribution in [0.25, 0.3) is 0 Å². The highest BCUT2D eigenvalue weighted by atomic mass is 32.2. The van der Waals surface area contributed by atoms with Crippen LogP contribution in [0.5, 0.6) is 0 Å². The zero-order valence-corrected chi connectivity index (χ0v) is 20.3. The van der Waals surface area contributed by atoms with E-state index in [0.29, 0.717) is 47.6 Å². The minimum absolute atomic E-state index is 0.0687. The van der Waals surface area contributed by atoms with Crippen LogP contribution in [-0.2, 0) is 19.2 Å². The number of hydrogen-bond donors (Lipinski definition) is 2. The molecule has 2 amide bonds. The largest absolute Gasteiger partial charge is 0.324 e. The summed E-state index contributed by atoms with van der Waals surface area (Å²) in [4.78, 5) is 48.7. The second-order valence-electron chi connectivity index (χ2n) is 7.44. The summed E-state index contributed by atoms with van der Waals surface area (Å²) < 4.78 is 0. The summed E-state index contributed by atoms with van der Waals surface area (Å²) in [6, 6.07) is 7.01. The first-order valence-corrected chi connectivity index (χ1v) is 13.2. The number of Topliss-reactive ketones (excluding diaryl/α,β-unsaturated/α-hetero) is 2.